The molecule has 2 rings (SSSR count). The zero-order chi connectivity index (χ0) is 27.3. The molecule has 0 bridgehead atoms. The quantitative estimate of drug-likeness (QED) is 0.241. The summed E-state index contributed by atoms with van der Waals surface area (Å²) in [4.78, 5) is 20.8. The van der Waals surface area contributed by atoms with E-state index in [1.807, 2.05) is 13.8 Å². The Morgan fingerprint density at radius 2 is 1.78 bits per heavy atom. The van der Waals surface area contributed by atoms with Crippen molar-refractivity contribution >= 4 is 28.0 Å². The van der Waals surface area contributed by atoms with Crippen molar-refractivity contribution in [3.8, 4) is 11.3 Å². The van der Waals surface area contributed by atoms with Crippen LogP contribution in [0, 0.1) is 5.82 Å². The summed E-state index contributed by atoms with van der Waals surface area (Å²) in [7, 11) is -3.63. The van der Waals surface area contributed by atoms with Crippen molar-refractivity contribution in [2.45, 2.75) is 71.2 Å². The highest BCUT2D eigenvalue weighted by Crippen LogP contribution is 2.31. The zero-order valence-electron chi connectivity index (χ0n) is 21.4. The smallest absolute Gasteiger partial charge is 0.366 e. The lowest BCUT2D eigenvalue weighted by molar-refractivity contribution is -0.221. The Hall–Kier alpha value is -2.89. The van der Waals surface area contributed by atoms with Crippen LogP contribution in [0.1, 0.15) is 71.1 Å². The van der Waals surface area contributed by atoms with Crippen LogP contribution >= 0.6 is 0 Å². The second-order valence-corrected chi connectivity index (χ2v) is 11.6. The first-order chi connectivity index (χ1) is 16.5. The first kappa shape index (κ1) is 29.3. The standard InChI is InChI=1S/C25H34FN3O6S/c1-16(2)20-19(10-8-7-9-15-25(31,32)22(30)35-24(3,4)5)21(17-11-13-18(26)14-12-17)28-23(27-20)29-36(6,33)34/h8,10-14,16,31-32H,7,9,15H2,1-6H3,(H,27,28,29)/b10-8+. The molecule has 0 unspecified atom stereocenters. The molecule has 36 heavy (non-hydrogen) atoms. The van der Waals surface area contributed by atoms with E-state index < -0.39 is 33.2 Å². The Labute approximate surface area is 211 Å². The third kappa shape index (κ3) is 8.96. The fourth-order valence-electron chi connectivity index (χ4n) is 3.26. The number of benzene rings is 1. The number of halogens is 1. The predicted molar refractivity (Wildman–Crippen MR) is 136 cm³/mol. The van der Waals surface area contributed by atoms with Gasteiger partial charge in [0, 0.05) is 17.5 Å². The van der Waals surface area contributed by atoms with Gasteiger partial charge in [0.25, 0.3) is 5.79 Å². The molecule has 0 aliphatic heterocycles. The maximum absolute atomic E-state index is 13.5. The van der Waals surface area contributed by atoms with E-state index in [1.165, 1.54) is 24.3 Å². The topological polar surface area (TPSA) is 139 Å². The molecule has 0 fully saturated rings. The van der Waals surface area contributed by atoms with E-state index in [4.69, 9.17) is 4.74 Å². The number of ether oxygens (including phenoxy) is 1. The van der Waals surface area contributed by atoms with Gasteiger partial charge in [-0.2, -0.15) is 0 Å². The summed E-state index contributed by atoms with van der Waals surface area (Å²) in [6.07, 6.45) is 4.93. The van der Waals surface area contributed by atoms with E-state index in [2.05, 4.69) is 14.7 Å². The molecule has 1 aromatic heterocycles. The van der Waals surface area contributed by atoms with Crippen LogP contribution in [-0.4, -0.2) is 52.2 Å². The van der Waals surface area contributed by atoms with Crippen LogP contribution in [-0.2, 0) is 19.6 Å². The van der Waals surface area contributed by atoms with Crippen LogP contribution in [0.4, 0.5) is 10.3 Å². The molecule has 11 heteroatoms. The molecule has 0 spiro atoms. The van der Waals surface area contributed by atoms with Gasteiger partial charge in [-0.1, -0.05) is 26.0 Å². The number of unbranched alkanes of at least 4 members (excludes halogenated alkanes) is 1. The van der Waals surface area contributed by atoms with Crippen LogP contribution in [0.5, 0.6) is 0 Å². The maximum atomic E-state index is 13.5. The summed E-state index contributed by atoms with van der Waals surface area (Å²) in [5, 5.41) is 20.1. The molecule has 9 nitrogen and oxygen atoms in total. The number of nitrogens with zero attached hydrogens (tertiary/aromatic N) is 2. The number of aliphatic hydroxyl groups is 2. The molecule has 1 aromatic carbocycles. The summed E-state index contributed by atoms with van der Waals surface area (Å²) in [6.45, 7) is 8.69. The van der Waals surface area contributed by atoms with E-state index in [-0.39, 0.29) is 24.7 Å². The van der Waals surface area contributed by atoms with Crippen molar-refractivity contribution in [3.05, 3.63) is 47.4 Å². The van der Waals surface area contributed by atoms with E-state index in [1.54, 1.807) is 32.9 Å². The minimum Gasteiger partial charge on any atom is -0.456 e. The average Bonchev–Trinajstić information content (AvgIpc) is 2.72. The summed E-state index contributed by atoms with van der Waals surface area (Å²) >= 11 is 0. The Kier molecular flexibility index (Phi) is 9.33. The largest absolute Gasteiger partial charge is 0.456 e. The van der Waals surface area contributed by atoms with Gasteiger partial charge in [0.15, 0.2) is 0 Å². The van der Waals surface area contributed by atoms with Gasteiger partial charge in [-0.05, 0) is 63.8 Å². The summed E-state index contributed by atoms with van der Waals surface area (Å²) in [5.41, 5.74) is 1.30. The Morgan fingerprint density at radius 1 is 1.17 bits per heavy atom. The van der Waals surface area contributed by atoms with Crippen molar-refractivity contribution in [1.29, 1.82) is 0 Å². The van der Waals surface area contributed by atoms with Gasteiger partial charge in [0.2, 0.25) is 16.0 Å². The van der Waals surface area contributed by atoms with Crippen LogP contribution in [0.3, 0.4) is 0 Å². The lowest BCUT2D eigenvalue weighted by Crippen LogP contribution is -2.43. The molecule has 0 radical (unpaired) electrons. The second kappa shape index (κ2) is 11.4. The maximum Gasteiger partial charge on any atom is 0.366 e. The van der Waals surface area contributed by atoms with E-state index >= 15 is 0 Å². The van der Waals surface area contributed by atoms with Crippen molar-refractivity contribution < 1.29 is 32.6 Å². The molecule has 1 heterocycles. The number of hydrogen-bond donors (Lipinski definition) is 3. The minimum absolute atomic E-state index is 0.0969. The normalized spacial score (nSPS) is 12.8. The number of rotatable bonds is 10. The van der Waals surface area contributed by atoms with Gasteiger partial charge < -0.3 is 14.9 Å². The predicted octanol–water partition coefficient (Wildman–Crippen LogP) is 3.98. The average molecular weight is 524 g/mol. The highest BCUT2D eigenvalue weighted by molar-refractivity contribution is 7.91. The Bertz CT molecular complexity index is 1200. The summed E-state index contributed by atoms with van der Waals surface area (Å²) < 4.78 is 44.4. The summed E-state index contributed by atoms with van der Waals surface area (Å²) in [6, 6.07) is 5.64. The molecule has 0 aliphatic rings. The fourth-order valence-corrected chi connectivity index (χ4v) is 3.68. The van der Waals surface area contributed by atoms with Crippen molar-refractivity contribution in [2.75, 3.05) is 11.0 Å². The molecule has 0 atom stereocenters. The van der Waals surface area contributed by atoms with E-state index in [0.29, 0.717) is 28.9 Å². The van der Waals surface area contributed by atoms with Crippen LogP contribution in [0.25, 0.3) is 17.3 Å². The third-order valence-electron chi connectivity index (χ3n) is 4.82. The lowest BCUT2D eigenvalue weighted by Gasteiger charge is -2.26. The van der Waals surface area contributed by atoms with Gasteiger partial charge in [0.1, 0.15) is 11.4 Å². The number of carbonyl (C=O) groups is 1. The zero-order valence-corrected chi connectivity index (χ0v) is 22.2. The molecule has 2 aromatic rings. The Balaban J connectivity index is 2.34. The number of aromatic nitrogens is 2. The number of sulfonamides is 1. The molecule has 3 N–H and O–H groups in total. The van der Waals surface area contributed by atoms with Crippen molar-refractivity contribution in [3.63, 3.8) is 0 Å². The van der Waals surface area contributed by atoms with E-state index in [9.17, 15) is 27.8 Å². The monoisotopic (exact) mass is 523 g/mol. The first-order valence-corrected chi connectivity index (χ1v) is 13.4. The van der Waals surface area contributed by atoms with Crippen LogP contribution in [0.15, 0.2) is 30.3 Å². The van der Waals surface area contributed by atoms with Gasteiger partial charge in [0.05, 0.1) is 17.6 Å². The van der Waals surface area contributed by atoms with Gasteiger partial charge >= 0.3 is 5.97 Å². The number of nitrogens with one attached hydrogen (secondary N) is 1. The summed E-state index contributed by atoms with van der Waals surface area (Å²) in [5.74, 6) is -4.35. The number of esters is 1. The van der Waals surface area contributed by atoms with Gasteiger partial charge in [-0.25, -0.2) is 27.6 Å². The third-order valence-corrected chi connectivity index (χ3v) is 5.38. The van der Waals surface area contributed by atoms with Gasteiger partial charge in [-0.15, -0.1) is 0 Å². The van der Waals surface area contributed by atoms with Crippen LogP contribution < -0.4 is 4.72 Å². The first-order valence-electron chi connectivity index (χ1n) is 11.5. The van der Waals surface area contributed by atoms with E-state index in [0.717, 1.165) is 6.26 Å². The van der Waals surface area contributed by atoms with Crippen LogP contribution in [0.2, 0.25) is 0 Å². The number of allylic oxidation sites excluding steroid dienone is 1. The molecular weight excluding hydrogens is 489 g/mol. The highest BCUT2D eigenvalue weighted by Gasteiger charge is 2.36. The molecular formula is C25H34FN3O6S. The molecule has 0 saturated carbocycles. The second-order valence-electron chi connectivity index (χ2n) is 9.84. The molecule has 0 amide bonds. The Morgan fingerprint density at radius 3 is 2.31 bits per heavy atom. The SMILES string of the molecule is CC(C)c1nc(NS(C)(=O)=O)nc(-c2ccc(F)cc2)c1/C=C/CCCC(O)(O)C(=O)OC(C)(C)C. The fraction of sp³-hybridized carbons (Fsp3) is 0.480. The minimum atomic E-state index is -3.63. The van der Waals surface area contributed by atoms with Crippen molar-refractivity contribution in [2.24, 2.45) is 0 Å². The number of hydrogen-bond acceptors (Lipinski definition) is 8. The molecule has 0 saturated heterocycles. The molecule has 0 aliphatic carbocycles. The lowest BCUT2D eigenvalue weighted by atomic mass is 9.97. The number of carbonyl (C=O) groups excluding carboxylic acids is 1. The highest BCUT2D eigenvalue weighted by atomic mass is 32.2. The molecule has 198 valence electrons. The van der Waals surface area contributed by atoms with Gasteiger partial charge in [-0.3, -0.25) is 4.72 Å². The number of anilines is 1. The van der Waals surface area contributed by atoms with Crippen molar-refractivity contribution in [1.82, 2.24) is 9.97 Å².